The molecule has 0 spiro atoms. The van der Waals surface area contributed by atoms with Gasteiger partial charge in [-0.05, 0) is 32.8 Å². The highest BCUT2D eigenvalue weighted by atomic mass is 32.2. The molecule has 0 aliphatic rings. The van der Waals surface area contributed by atoms with Crippen molar-refractivity contribution in [3.8, 4) is 0 Å². The van der Waals surface area contributed by atoms with Crippen molar-refractivity contribution in [2.45, 2.75) is 45.8 Å². The molecule has 0 aliphatic carbocycles. The highest BCUT2D eigenvalue weighted by Gasteiger charge is 2.13. The average Bonchev–Trinajstić information content (AvgIpc) is 2.79. The van der Waals surface area contributed by atoms with Gasteiger partial charge in [-0.3, -0.25) is 4.79 Å². The summed E-state index contributed by atoms with van der Waals surface area (Å²) in [6, 6.07) is 2.12. The predicted molar refractivity (Wildman–Crippen MR) is 83.4 cm³/mol. The SMILES string of the molecule is Cc1cc(C)n2nc(SCC(=O)NC(C)C(C)C)nc2n1. The third-order valence-corrected chi connectivity index (χ3v) is 4.16. The van der Waals surface area contributed by atoms with Gasteiger partial charge in [0.2, 0.25) is 11.1 Å². The molecule has 1 atom stereocenters. The van der Waals surface area contributed by atoms with Crippen LogP contribution in [0.1, 0.15) is 32.2 Å². The van der Waals surface area contributed by atoms with Crippen LogP contribution in [-0.2, 0) is 4.79 Å². The average molecular weight is 307 g/mol. The molecule has 1 N–H and O–H groups in total. The summed E-state index contributed by atoms with van der Waals surface area (Å²) in [5.74, 6) is 1.31. The van der Waals surface area contributed by atoms with Crippen LogP contribution in [0.4, 0.5) is 0 Å². The summed E-state index contributed by atoms with van der Waals surface area (Å²) in [7, 11) is 0. The lowest BCUT2D eigenvalue weighted by atomic mass is 10.1. The molecule has 0 bridgehead atoms. The Morgan fingerprint density at radius 3 is 2.71 bits per heavy atom. The molecule has 2 aromatic heterocycles. The zero-order valence-corrected chi connectivity index (χ0v) is 13.9. The van der Waals surface area contributed by atoms with E-state index in [0.717, 1.165) is 11.4 Å². The largest absolute Gasteiger partial charge is 0.353 e. The maximum absolute atomic E-state index is 11.9. The van der Waals surface area contributed by atoms with Crippen LogP contribution in [0, 0.1) is 19.8 Å². The van der Waals surface area contributed by atoms with Gasteiger partial charge in [0.25, 0.3) is 5.78 Å². The molecule has 0 radical (unpaired) electrons. The number of carbonyl (C=O) groups excluding carboxylic acids is 1. The first-order valence-corrected chi connectivity index (χ1v) is 7.98. The normalized spacial score (nSPS) is 12.9. The molecule has 1 unspecified atom stereocenters. The molecule has 0 saturated carbocycles. The highest BCUT2D eigenvalue weighted by Crippen LogP contribution is 2.15. The van der Waals surface area contributed by atoms with Gasteiger partial charge in [0.15, 0.2) is 0 Å². The number of rotatable bonds is 5. The number of thioether (sulfide) groups is 1. The van der Waals surface area contributed by atoms with Gasteiger partial charge in [-0.15, -0.1) is 5.10 Å². The molecule has 2 rings (SSSR count). The molecular formula is C14H21N5OS. The molecule has 6 nitrogen and oxygen atoms in total. The van der Waals surface area contributed by atoms with Crippen LogP contribution in [0.5, 0.6) is 0 Å². The lowest BCUT2D eigenvalue weighted by molar-refractivity contribution is -0.119. The lowest BCUT2D eigenvalue weighted by Gasteiger charge is -2.16. The van der Waals surface area contributed by atoms with Crippen molar-refractivity contribution >= 4 is 23.4 Å². The molecule has 7 heteroatoms. The zero-order valence-electron chi connectivity index (χ0n) is 13.0. The van der Waals surface area contributed by atoms with Crippen molar-refractivity contribution in [2.75, 3.05) is 5.75 Å². The topological polar surface area (TPSA) is 72.2 Å². The van der Waals surface area contributed by atoms with Crippen molar-refractivity contribution in [1.29, 1.82) is 0 Å². The fourth-order valence-corrected chi connectivity index (χ4v) is 2.43. The van der Waals surface area contributed by atoms with E-state index in [9.17, 15) is 4.79 Å². The number of fused-ring (bicyclic) bond motifs is 1. The number of aromatic nitrogens is 4. The monoisotopic (exact) mass is 307 g/mol. The van der Waals surface area contributed by atoms with Crippen LogP contribution in [0.3, 0.4) is 0 Å². The first-order valence-electron chi connectivity index (χ1n) is 7.00. The van der Waals surface area contributed by atoms with Crippen LogP contribution >= 0.6 is 11.8 Å². The van der Waals surface area contributed by atoms with Crippen molar-refractivity contribution in [3.05, 3.63) is 17.5 Å². The maximum Gasteiger partial charge on any atom is 0.253 e. The Morgan fingerprint density at radius 1 is 1.33 bits per heavy atom. The molecule has 2 aromatic rings. The molecule has 2 heterocycles. The van der Waals surface area contributed by atoms with Gasteiger partial charge in [0, 0.05) is 17.4 Å². The summed E-state index contributed by atoms with van der Waals surface area (Å²) in [5, 5.41) is 7.90. The van der Waals surface area contributed by atoms with Crippen molar-refractivity contribution < 1.29 is 4.79 Å². The van der Waals surface area contributed by atoms with E-state index in [2.05, 4.69) is 34.2 Å². The minimum Gasteiger partial charge on any atom is -0.353 e. The molecule has 0 aromatic carbocycles. The summed E-state index contributed by atoms with van der Waals surface area (Å²) in [5.41, 5.74) is 1.89. The standard InChI is InChI=1S/C14H21N5OS/c1-8(2)11(5)16-12(20)7-21-14-17-13-15-9(3)6-10(4)19(13)18-14/h6,8,11H,7H2,1-5H3,(H,16,20). The summed E-state index contributed by atoms with van der Waals surface area (Å²) < 4.78 is 1.70. The van der Waals surface area contributed by atoms with Gasteiger partial charge in [0.1, 0.15) is 0 Å². The number of aryl methyl sites for hydroxylation is 2. The van der Waals surface area contributed by atoms with E-state index in [1.165, 1.54) is 11.8 Å². The van der Waals surface area contributed by atoms with Crippen LogP contribution < -0.4 is 5.32 Å². The summed E-state index contributed by atoms with van der Waals surface area (Å²) in [6.07, 6.45) is 0. The highest BCUT2D eigenvalue weighted by molar-refractivity contribution is 7.99. The first kappa shape index (κ1) is 15.8. The van der Waals surface area contributed by atoms with Crippen LogP contribution in [0.2, 0.25) is 0 Å². The molecule has 114 valence electrons. The Bertz CT molecular complexity index is 652. The summed E-state index contributed by atoms with van der Waals surface area (Å²) in [6.45, 7) is 10.1. The van der Waals surface area contributed by atoms with Gasteiger partial charge in [-0.25, -0.2) is 9.50 Å². The second kappa shape index (κ2) is 6.43. The first-order chi connectivity index (χ1) is 9.86. The van der Waals surface area contributed by atoms with Crippen molar-refractivity contribution in [1.82, 2.24) is 24.9 Å². The Kier molecular flexibility index (Phi) is 4.82. The van der Waals surface area contributed by atoms with E-state index >= 15 is 0 Å². The van der Waals surface area contributed by atoms with Gasteiger partial charge in [-0.2, -0.15) is 4.98 Å². The fraction of sp³-hybridized carbons (Fsp3) is 0.571. The minimum atomic E-state index is 0.000850. The fourth-order valence-electron chi connectivity index (χ4n) is 1.80. The molecular weight excluding hydrogens is 286 g/mol. The van der Waals surface area contributed by atoms with E-state index in [4.69, 9.17) is 0 Å². The number of hydrogen-bond acceptors (Lipinski definition) is 5. The van der Waals surface area contributed by atoms with Crippen molar-refractivity contribution in [3.63, 3.8) is 0 Å². The Labute approximate surface area is 128 Å². The quantitative estimate of drug-likeness (QED) is 0.855. The maximum atomic E-state index is 11.9. The zero-order chi connectivity index (χ0) is 15.6. The predicted octanol–water partition coefficient (Wildman–Crippen LogP) is 1.99. The van der Waals surface area contributed by atoms with Gasteiger partial charge < -0.3 is 5.32 Å². The van der Waals surface area contributed by atoms with Gasteiger partial charge >= 0.3 is 0 Å². The minimum absolute atomic E-state index is 0.000850. The number of carbonyl (C=O) groups is 1. The molecule has 1 amide bonds. The third kappa shape index (κ3) is 3.93. The molecule has 0 saturated heterocycles. The van der Waals surface area contributed by atoms with Gasteiger partial charge in [0.05, 0.1) is 5.75 Å². The number of nitrogens with zero attached hydrogens (tertiary/aromatic N) is 4. The van der Waals surface area contributed by atoms with E-state index in [1.807, 2.05) is 26.8 Å². The molecule has 0 fully saturated rings. The summed E-state index contributed by atoms with van der Waals surface area (Å²) in [4.78, 5) is 20.5. The smallest absolute Gasteiger partial charge is 0.253 e. The second-order valence-corrected chi connectivity index (χ2v) is 6.48. The van der Waals surface area contributed by atoms with Crippen LogP contribution in [0.15, 0.2) is 11.2 Å². The lowest BCUT2D eigenvalue weighted by Crippen LogP contribution is -2.37. The molecule has 0 aliphatic heterocycles. The molecule has 21 heavy (non-hydrogen) atoms. The number of amides is 1. The van der Waals surface area contributed by atoms with E-state index in [1.54, 1.807) is 4.52 Å². The van der Waals surface area contributed by atoms with E-state index < -0.39 is 0 Å². The Hall–Kier alpha value is -1.63. The van der Waals surface area contributed by atoms with Gasteiger partial charge in [-0.1, -0.05) is 25.6 Å². The van der Waals surface area contributed by atoms with Crippen LogP contribution in [0.25, 0.3) is 5.78 Å². The number of hydrogen-bond donors (Lipinski definition) is 1. The third-order valence-electron chi connectivity index (χ3n) is 3.32. The van der Waals surface area contributed by atoms with Crippen molar-refractivity contribution in [2.24, 2.45) is 5.92 Å². The Balaban J connectivity index is 2.01. The van der Waals surface area contributed by atoms with Crippen LogP contribution in [-0.4, -0.2) is 37.3 Å². The number of nitrogens with one attached hydrogen (secondary N) is 1. The van der Waals surface area contributed by atoms with E-state index in [0.29, 0.717) is 22.6 Å². The Morgan fingerprint density at radius 2 is 2.05 bits per heavy atom. The second-order valence-electron chi connectivity index (χ2n) is 5.53. The summed E-state index contributed by atoms with van der Waals surface area (Å²) >= 11 is 1.33. The van der Waals surface area contributed by atoms with E-state index in [-0.39, 0.29) is 11.9 Å².